The highest BCUT2D eigenvalue weighted by Crippen LogP contribution is 2.29. The Bertz CT molecular complexity index is 172. The van der Waals surface area contributed by atoms with E-state index in [1.807, 2.05) is 0 Å². The topological polar surface area (TPSA) is 21.3 Å². The molecule has 4 unspecified atom stereocenters. The smallest absolute Gasteiger partial charge is 0.0616 e. The van der Waals surface area contributed by atoms with Gasteiger partial charge in [0.05, 0.1) is 6.10 Å². The fourth-order valence-electron chi connectivity index (χ4n) is 2.65. The van der Waals surface area contributed by atoms with Crippen LogP contribution in [0.25, 0.3) is 0 Å². The van der Waals surface area contributed by atoms with Gasteiger partial charge in [0.2, 0.25) is 0 Å². The molecule has 15 heavy (non-hydrogen) atoms. The highest BCUT2D eigenvalue weighted by Gasteiger charge is 2.33. The molecule has 0 amide bonds. The molecule has 2 nitrogen and oxygen atoms in total. The lowest BCUT2D eigenvalue weighted by Crippen LogP contribution is -2.39. The summed E-state index contributed by atoms with van der Waals surface area (Å²) in [7, 11) is 2.10. The van der Waals surface area contributed by atoms with E-state index in [2.05, 4.69) is 33.1 Å². The predicted octanol–water partition coefficient (Wildman–Crippen LogP) is 2.83. The minimum atomic E-state index is 0.492. The molecule has 0 spiro atoms. The van der Waals surface area contributed by atoms with Crippen molar-refractivity contribution in [2.75, 3.05) is 13.7 Å². The molecule has 1 rings (SSSR count). The molecule has 90 valence electrons. The summed E-state index contributed by atoms with van der Waals surface area (Å²) < 4.78 is 5.77. The van der Waals surface area contributed by atoms with Crippen LogP contribution < -0.4 is 5.32 Å². The third kappa shape index (κ3) is 3.46. The van der Waals surface area contributed by atoms with E-state index in [4.69, 9.17) is 4.74 Å². The molecule has 1 heterocycles. The normalized spacial score (nSPS) is 30.4. The molecule has 1 fully saturated rings. The van der Waals surface area contributed by atoms with Crippen LogP contribution in [-0.2, 0) is 4.74 Å². The summed E-state index contributed by atoms with van der Waals surface area (Å²) in [5, 5.41) is 3.49. The van der Waals surface area contributed by atoms with Crippen LogP contribution in [0.3, 0.4) is 0 Å². The van der Waals surface area contributed by atoms with Gasteiger partial charge < -0.3 is 10.1 Å². The van der Waals surface area contributed by atoms with Crippen LogP contribution in [0.4, 0.5) is 0 Å². The first kappa shape index (κ1) is 13.0. The Morgan fingerprint density at radius 3 is 2.67 bits per heavy atom. The standard InChI is InChI=1S/C13H27NO/c1-5-10(3)9-12(14-4)11-7-8-15-13(11)6-2/h10-14H,5-9H2,1-4H3. The fourth-order valence-corrected chi connectivity index (χ4v) is 2.65. The molecule has 1 N–H and O–H groups in total. The maximum absolute atomic E-state index is 5.77. The Balaban J connectivity index is 2.49. The Hall–Kier alpha value is -0.0800. The van der Waals surface area contributed by atoms with Crippen molar-refractivity contribution in [2.45, 2.75) is 58.6 Å². The maximum Gasteiger partial charge on any atom is 0.0616 e. The highest BCUT2D eigenvalue weighted by atomic mass is 16.5. The van der Waals surface area contributed by atoms with E-state index in [1.165, 1.54) is 19.3 Å². The Kier molecular flexibility index (Phi) is 5.62. The van der Waals surface area contributed by atoms with Gasteiger partial charge in [-0.1, -0.05) is 27.2 Å². The first-order valence-electron chi connectivity index (χ1n) is 6.51. The number of nitrogens with one attached hydrogen (secondary N) is 1. The van der Waals surface area contributed by atoms with Crippen molar-refractivity contribution in [3.8, 4) is 0 Å². The molecule has 1 aliphatic rings. The minimum Gasteiger partial charge on any atom is -0.378 e. The Morgan fingerprint density at radius 2 is 2.13 bits per heavy atom. The lowest BCUT2D eigenvalue weighted by molar-refractivity contribution is 0.0755. The number of hydrogen-bond donors (Lipinski definition) is 1. The zero-order valence-electron chi connectivity index (χ0n) is 10.8. The van der Waals surface area contributed by atoms with Crippen LogP contribution in [0.1, 0.15) is 46.5 Å². The Morgan fingerprint density at radius 1 is 1.40 bits per heavy atom. The average Bonchev–Trinajstić information content (AvgIpc) is 2.73. The van der Waals surface area contributed by atoms with E-state index in [1.54, 1.807) is 0 Å². The van der Waals surface area contributed by atoms with Crippen molar-refractivity contribution < 1.29 is 4.74 Å². The molecule has 1 saturated heterocycles. The largest absolute Gasteiger partial charge is 0.378 e. The average molecular weight is 213 g/mol. The van der Waals surface area contributed by atoms with Gasteiger partial charge in [-0.2, -0.15) is 0 Å². The van der Waals surface area contributed by atoms with Crippen molar-refractivity contribution in [3.63, 3.8) is 0 Å². The van der Waals surface area contributed by atoms with Gasteiger partial charge >= 0.3 is 0 Å². The van der Waals surface area contributed by atoms with Crippen LogP contribution in [-0.4, -0.2) is 25.8 Å². The highest BCUT2D eigenvalue weighted by molar-refractivity contribution is 4.85. The van der Waals surface area contributed by atoms with E-state index in [9.17, 15) is 0 Å². The van der Waals surface area contributed by atoms with Crippen LogP contribution >= 0.6 is 0 Å². The van der Waals surface area contributed by atoms with Gasteiger partial charge in [0, 0.05) is 18.6 Å². The van der Waals surface area contributed by atoms with Crippen LogP contribution in [0, 0.1) is 11.8 Å². The molecule has 2 heteroatoms. The summed E-state index contributed by atoms with van der Waals surface area (Å²) in [5.74, 6) is 1.55. The first-order chi connectivity index (χ1) is 7.22. The van der Waals surface area contributed by atoms with Gasteiger partial charge in [0.1, 0.15) is 0 Å². The second kappa shape index (κ2) is 6.49. The van der Waals surface area contributed by atoms with Crippen molar-refractivity contribution >= 4 is 0 Å². The third-order valence-electron chi connectivity index (χ3n) is 3.90. The van der Waals surface area contributed by atoms with E-state index < -0.39 is 0 Å². The monoisotopic (exact) mass is 213 g/mol. The van der Waals surface area contributed by atoms with E-state index in [0.29, 0.717) is 12.1 Å². The van der Waals surface area contributed by atoms with Crippen LogP contribution in [0.15, 0.2) is 0 Å². The Labute approximate surface area is 94.8 Å². The SMILES string of the molecule is CCC(C)CC(NC)C1CCOC1CC. The van der Waals surface area contributed by atoms with E-state index >= 15 is 0 Å². The number of hydrogen-bond acceptors (Lipinski definition) is 2. The first-order valence-corrected chi connectivity index (χ1v) is 6.51. The molecular weight excluding hydrogens is 186 g/mol. The summed E-state index contributed by atoms with van der Waals surface area (Å²) in [4.78, 5) is 0. The number of rotatable bonds is 6. The molecule has 0 bridgehead atoms. The van der Waals surface area contributed by atoms with Gasteiger partial charge in [-0.15, -0.1) is 0 Å². The van der Waals surface area contributed by atoms with Gasteiger partial charge in [-0.05, 0) is 32.2 Å². The molecule has 0 aromatic rings. The molecule has 0 aromatic heterocycles. The van der Waals surface area contributed by atoms with Crippen molar-refractivity contribution in [1.82, 2.24) is 5.32 Å². The molecule has 0 aromatic carbocycles. The summed E-state index contributed by atoms with van der Waals surface area (Å²) >= 11 is 0. The fraction of sp³-hybridized carbons (Fsp3) is 1.00. The van der Waals surface area contributed by atoms with Gasteiger partial charge in [-0.3, -0.25) is 0 Å². The van der Waals surface area contributed by atoms with Gasteiger partial charge in [0.25, 0.3) is 0 Å². The van der Waals surface area contributed by atoms with Crippen molar-refractivity contribution in [1.29, 1.82) is 0 Å². The zero-order valence-corrected chi connectivity index (χ0v) is 10.8. The lowest BCUT2D eigenvalue weighted by atomic mass is 9.85. The van der Waals surface area contributed by atoms with Crippen molar-refractivity contribution in [3.05, 3.63) is 0 Å². The van der Waals surface area contributed by atoms with Crippen molar-refractivity contribution in [2.24, 2.45) is 11.8 Å². The predicted molar refractivity (Wildman–Crippen MR) is 65.1 cm³/mol. The summed E-state index contributed by atoms with van der Waals surface area (Å²) in [6.07, 6.45) is 5.45. The van der Waals surface area contributed by atoms with Gasteiger partial charge in [-0.25, -0.2) is 0 Å². The molecule has 0 saturated carbocycles. The second-order valence-corrected chi connectivity index (χ2v) is 4.91. The molecule has 0 radical (unpaired) electrons. The quantitative estimate of drug-likeness (QED) is 0.732. The van der Waals surface area contributed by atoms with E-state index in [-0.39, 0.29) is 0 Å². The molecule has 1 aliphatic heterocycles. The molecular formula is C13H27NO. The molecule has 0 aliphatic carbocycles. The summed E-state index contributed by atoms with van der Waals surface area (Å²) in [6, 6.07) is 0.646. The minimum absolute atomic E-state index is 0.492. The van der Waals surface area contributed by atoms with E-state index in [0.717, 1.165) is 24.9 Å². The third-order valence-corrected chi connectivity index (χ3v) is 3.90. The zero-order chi connectivity index (χ0) is 11.3. The maximum atomic E-state index is 5.77. The summed E-state index contributed by atoms with van der Waals surface area (Å²) in [5.41, 5.74) is 0. The van der Waals surface area contributed by atoms with Crippen LogP contribution in [0.5, 0.6) is 0 Å². The lowest BCUT2D eigenvalue weighted by Gasteiger charge is -2.28. The van der Waals surface area contributed by atoms with Gasteiger partial charge in [0.15, 0.2) is 0 Å². The molecule has 4 atom stereocenters. The summed E-state index contributed by atoms with van der Waals surface area (Å²) in [6.45, 7) is 7.82. The number of ether oxygens (including phenoxy) is 1. The van der Waals surface area contributed by atoms with Crippen LogP contribution in [0.2, 0.25) is 0 Å². The second-order valence-electron chi connectivity index (χ2n) is 4.91.